The summed E-state index contributed by atoms with van der Waals surface area (Å²) < 4.78 is 89.1. The van der Waals surface area contributed by atoms with Gasteiger partial charge in [0.15, 0.2) is 11.2 Å². The molecule has 0 unspecified atom stereocenters. The third-order valence-corrected chi connectivity index (χ3v) is 6.19. The first kappa shape index (κ1) is 21.4. The predicted octanol–water partition coefficient (Wildman–Crippen LogP) is 0.651. The van der Waals surface area contributed by atoms with E-state index in [4.69, 9.17) is 4.11 Å². The van der Waals surface area contributed by atoms with Crippen molar-refractivity contribution < 1.29 is 30.5 Å². The van der Waals surface area contributed by atoms with Crippen LogP contribution in [0.2, 0.25) is 0 Å². The Labute approximate surface area is 205 Å². The summed E-state index contributed by atoms with van der Waals surface area (Å²) in [6, 6.07) is 1.75. The number of hydrogen-bond acceptors (Lipinski definition) is 7. The average Bonchev–Trinajstić information content (AvgIpc) is 3.61. The van der Waals surface area contributed by atoms with E-state index in [9.17, 15) is 36.0 Å². The second-order valence-electron chi connectivity index (χ2n) is 8.05. The molecule has 1 N–H and O–H groups in total. The predicted molar refractivity (Wildman–Crippen MR) is 121 cm³/mol. The second kappa shape index (κ2) is 8.63. The maximum atomic E-state index is 13.4. The molecule has 1 aliphatic carbocycles. The van der Waals surface area contributed by atoms with Gasteiger partial charge in [0.05, 0.1) is 6.54 Å². The van der Waals surface area contributed by atoms with Crippen LogP contribution in [0, 0.1) is 17.8 Å². The molecule has 1 fully saturated rings. The first-order valence-electron chi connectivity index (χ1n) is 11.7. The molecule has 1 amide bonds. The quantitative estimate of drug-likeness (QED) is 0.492. The van der Waals surface area contributed by atoms with Crippen molar-refractivity contribution >= 4 is 32.7 Å². The van der Waals surface area contributed by atoms with Gasteiger partial charge in [0, 0.05) is 35.9 Å². The summed E-state index contributed by atoms with van der Waals surface area (Å²) >= 11 is 0. The van der Waals surface area contributed by atoms with Crippen molar-refractivity contribution in [2.24, 2.45) is 20.0 Å². The monoisotopic (exact) mass is 527 g/mol. The molecule has 3 heterocycles. The van der Waals surface area contributed by atoms with Crippen LogP contribution in [0.5, 0.6) is 0 Å². The molecule has 0 aromatic carbocycles. The summed E-state index contributed by atoms with van der Waals surface area (Å²) in [6.45, 7) is -0.568. The minimum absolute atomic E-state index is 0.204. The summed E-state index contributed by atoms with van der Waals surface area (Å²) in [5.74, 6) is 3.77. The van der Waals surface area contributed by atoms with E-state index in [1.165, 1.54) is 0 Å². The number of sulfone groups is 1. The fourth-order valence-electron chi connectivity index (χ4n) is 3.40. The smallest absolute Gasteiger partial charge is 0.312 e. The van der Waals surface area contributed by atoms with Gasteiger partial charge in [-0.2, -0.15) is 18.2 Å². The van der Waals surface area contributed by atoms with Gasteiger partial charge in [-0.15, -0.1) is 0 Å². The molecule has 3 aromatic heterocycles. The summed E-state index contributed by atoms with van der Waals surface area (Å²) in [6.07, 6.45) is -7.13. The molecule has 3 aromatic rings. The van der Waals surface area contributed by atoms with Crippen molar-refractivity contribution in [2.75, 3.05) is 11.5 Å². The van der Waals surface area contributed by atoms with Gasteiger partial charge in [-0.3, -0.25) is 18.7 Å². The average molecular weight is 527 g/mol. The number of alkyl halides is 3. The highest BCUT2D eigenvalue weighted by Crippen LogP contribution is 2.32. The molecule has 4 rings (SSSR count). The van der Waals surface area contributed by atoms with Gasteiger partial charge < -0.3 is 9.88 Å². The van der Waals surface area contributed by atoms with E-state index >= 15 is 0 Å². The molecule has 11 nitrogen and oxygen atoms in total. The van der Waals surface area contributed by atoms with E-state index < -0.39 is 67.9 Å². The number of carbonyl (C=O) groups is 1. The molecular weight excluding hydrogens is 505 g/mol. The molecular formula is C21H19F3N6O5S. The lowest BCUT2D eigenvalue weighted by atomic mass is 10.2. The fourth-order valence-corrected chi connectivity index (χ4v) is 4.06. The summed E-state index contributed by atoms with van der Waals surface area (Å²) in [5.41, 5.74) is -4.35. The first-order valence-corrected chi connectivity index (χ1v) is 11.7. The van der Waals surface area contributed by atoms with Gasteiger partial charge in [-0.1, -0.05) is 11.8 Å². The molecule has 1 aliphatic rings. The molecule has 0 saturated heterocycles. The zero-order chi connectivity index (χ0) is 29.1. The van der Waals surface area contributed by atoms with Crippen LogP contribution in [-0.2, 0) is 41.4 Å². The summed E-state index contributed by atoms with van der Waals surface area (Å²) in [7, 11) is -2.85. The lowest BCUT2D eigenvalue weighted by Crippen LogP contribution is -2.38. The van der Waals surface area contributed by atoms with Crippen LogP contribution in [0.25, 0.3) is 11.2 Å². The Hall–Kier alpha value is -3.93. The van der Waals surface area contributed by atoms with Crippen molar-refractivity contribution in [1.82, 2.24) is 23.7 Å². The third kappa shape index (κ3) is 4.76. The maximum absolute atomic E-state index is 13.4. The van der Waals surface area contributed by atoms with E-state index in [-0.39, 0.29) is 17.3 Å². The highest BCUT2D eigenvalue weighted by Gasteiger charge is 2.34. The van der Waals surface area contributed by atoms with Crippen LogP contribution in [-0.4, -0.2) is 44.2 Å². The van der Waals surface area contributed by atoms with Crippen LogP contribution < -0.4 is 16.6 Å². The molecule has 0 bridgehead atoms. The van der Waals surface area contributed by atoms with Gasteiger partial charge in [0.1, 0.15) is 11.5 Å². The zero-order valence-corrected chi connectivity index (χ0v) is 19.5. The molecule has 0 radical (unpaired) electrons. The van der Waals surface area contributed by atoms with Crippen molar-refractivity contribution in [3.05, 3.63) is 44.2 Å². The maximum Gasteiger partial charge on any atom is 0.433 e. The SMILES string of the molecule is [2H]C([2H])([2H])S(=O)(=O)c1nc2c(c(=O)n(C)c(=O)n2CC#Cc2cc(NC(=O)C3CC3)nc(C(F)(F)F)c2)n1C. The number of imidazole rings is 1. The molecule has 0 aliphatic heterocycles. The number of anilines is 1. The minimum atomic E-state index is -5.02. The van der Waals surface area contributed by atoms with E-state index in [0.717, 1.165) is 29.3 Å². The van der Waals surface area contributed by atoms with E-state index in [1.54, 1.807) is 0 Å². The number of carbonyl (C=O) groups excluding carboxylic acids is 1. The number of pyridine rings is 1. The van der Waals surface area contributed by atoms with E-state index in [2.05, 4.69) is 27.1 Å². The van der Waals surface area contributed by atoms with Gasteiger partial charge in [0.2, 0.25) is 20.9 Å². The highest BCUT2D eigenvalue weighted by molar-refractivity contribution is 7.90. The van der Waals surface area contributed by atoms with Gasteiger partial charge in [0.25, 0.3) is 5.56 Å². The largest absolute Gasteiger partial charge is 0.433 e. The van der Waals surface area contributed by atoms with Crippen LogP contribution in [0.15, 0.2) is 26.9 Å². The van der Waals surface area contributed by atoms with Crippen molar-refractivity contribution in [3.8, 4) is 11.8 Å². The van der Waals surface area contributed by atoms with Gasteiger partial charge >= 0.3 is 11.9 Å². The van der Waals surface area contributed by atoms with E-state index in [1.807, 2.05) is 0 Å². The number of aryl methyl sites for hydroxylation is 1. The molecule has 190 valence electrons. The van der Waals surface area contributed by atoms with E-state index in [0.29, 0.717) is 23.5 Å². The number of aromatic nitrogens is 5. The number of amides is 1. The van der Waals surface area contributed by atoms with Crippen LogP contribution >= 0.6 is 0 Å². The number of fused-ring (bicyclic) bond motifs is 1. The van der Waals surface area contributed by atoms with Crippen molar-refractivity contribution in [1.29, 1.82) is 0 Å². The topological polar surface area (TPSA) is 138 Å². The lowest BCUT2D eigenvalue weighted by Gasteiger charge is -2.10. The normalized spacial score (nSPS) is 15.5. The molecule has 1 saturated carbocycles. The Morgan fingerprint density at radius 2 is 1.92 bits per heavy atom. The molecule has 15 heteroatoms. The highest BCUT2D eigenvalue weighted by atomic mass is 32.2. The van der Waals surface area contributed by atoms with Crippen LogP contribution in [0.1, 0.15) is 28.2 Å². The Kier molecular flexibility index (Phi) is 5.12. The van der Waals surface area contributed by atoms with Crippen molar-refractivity contribution in [3.63, 3.8) is 0 Å². The van der Waals surface area contributed by atoms with Crippen LogP contribution in [0.3, 0.4) is 0 Å². The zero-order valence-electron chi connectivity index (χ0n) is 21.7. The van der Waals surface area contributed by atoms with Crippen LogP contribution in [0.4, 0.5) is 19.0 Å². The Morgan fingerprint density at radius 1 is 1.22 bits per heavy atom. The Morgan fingerprint density at radius 3 is 2.53 bits per heavy atom. The lowest BCUT2D eigenvalue weighted by molar-refractivity contribution is -0.141. The van der Waals surface area contributed by atoms with Crippen molar-refractivity contribution in [2.45, 2.75) is 30.7 Å². The Balaban J connectivity index is 1.80. The van der Waals surface area contributed by atoms with Gasteiger partial charge in [-0.25, -0.2) is 18.2 Å². The Bertz CT molecular complexity index is 1810. The number of hydrogen-bond donors (Lipinski definition) is 1. The third-order valence-electron chi connectivity index (χ3n) is 5.34. The fraction of sp³-hybridized carbons (Fsp3) is 0.381. The molecule has 0 spiro atoms. The first-order chi connectivity index (χ1) is 17.9. The summed E-state index contributed by atoms with van der Waals surface area (Å²) in [4.78, 5) is 44.6. The standard InChI is InChI=1S/C21H19F3N6O5S/c1-28-15-16(27-19(28)36(3,34)35)30(20(33)29(2)18(15)32)8-4-5-11-9-13(21(22,23)24)25-14(10-11)26-17(31)12-6-7-12/h9-10,12H,6-8H2,1-3H3,(H,25,26,31)/i3D3. The minimum Gasteiger partial charge on any atom is -0.312 e. The molecule has 36 heavy (non-hydrogen) atoms. The number of rotatable bonds is 4. The number of halogens is 3. The van der Waals surface area contributed by atoms with Gasteiger partial charge in [-0.05, 0) is 25.0 Å². The summed E-state index contributed by atoms with van der Waals surface area (Å²) in [5, 5.41) is 1.34. The number of nitrogens with zero attached hydrogens (tertiary/aromatic N) is 5. The second-order valence-corrected chi connectivity index (χ2v) is 9.42. The number of nitrogens with one attached hydrogen (secondary N) is 1. The molecule has 0 atom stereocenters.